The van der Waals surface area contributed by atoms with Crippen LogP contribution in [0.5, 0.6) is 0 Å². The van der Waals surface area contributed by atoms with Gasteiger partial charge < -0.3 is 60.1 Å². The number of piperidine rings is 1. The summed E-state index contributed by atoms with van der Waals surface area (Å²) in [6.45, 7) is 4.17. The largest absolute Gasteiger partial charge is 1.00 e. The van der Waals surface area contributed by atoms with Gasteiger partial charge in [0, 0.05) is 16.5 Å². The van der Waals surface area contributed by atoms with Gasteiger partial charge in [-0.05, 0) is 13.1 Å². The van der Waals surface area contributed by atoms with Gasteiger partial charge in [0.1, 0.15) is 0 Å². The van der Waals surface area contributed by atoms with Crippen molar-refractivity contribution in [1.29, 1.82) is 0 Å². The predicted molar refractivity (Wildman–Crippen MR) is 63.9 cm³/mol. The maximum absolute atomic E-state index is 4.91. The molecule has 19 heavy (non-hydrogen) atoms. The maximum atomic E-state index is 4.91. The summed E-state index contributed by atoms with van der Waals surface area (Å²) in [6.07, 6.45) is 6.67. The van der Waals surface area contributed by atoms with Crippen LogP contribution < -0.4 is 34.0 Å². The zero-order valence-corrected chi connectivity index (χ0v) is 15.0. The third kappa shape index (κ3) is 5.18. The summed E-state index contributed by atoms with van der Waals surface area (Å²) in [6, 6.07) is 0. The van der Waals surface area contributed by atoms with Gasteiger partial charge in [0.05, 0.1) is 0 Å². The van der Waals surface area contributed by atoms with Crippen molar-refractivity contribution < 1.29 is 50.5 Å². The van der Waals surface area contributed by atoms with Gasteiger partial charge in [-0.25, -0.2) is 0 Å². The predicted octanol–water partition coefficient (Wildman–Crippen LogP) is -3.81. The Morgan fingerprint density at radius 2 is 1.21 bits per heavy atom. The summed E-state index contributed by atoms with van der Waals surface area (Å²) in [4.78, 5) is 0. The quantitative estimate of drug-likeness (QED) is 0.414. The molecule has 0 radical (unpaired) electrons. The Kier molecular flexibility index (Phi) is 10.7. The molecule has 118 valence electrons. The fraction of sp³-hybridized carbons (Fsp3) is 1.00. The van der Waals surface area contributed by atoms with E-state index in [1.54, 1.807) is 0 Å². The van der Waals surface area contributed by atoms with Crippen LogP contribution in [0.15, 0.2) is 0 Å². The normalized spacial score (nSPS) is 32.2. The van der Waals surface area contributed by atoms with E-state index in [2.05, 4.69) is 20.9 Å². The average molecular weight is 441 g/mol. The molecular weight excluding hydrogens is 421 g/mol. The molecule has 0 aliphatic carbocycles. The van der Waals surface area contributed by atoms with Crippen molar-refractivity contribution in [2.24, 2.45) is 0 Å². The molecule has 0 saturated carbocycles. The van der Waals surface area contributed by atoms with Crippen LogP contribution in [0, 0.1) is 0 Å². The molecule has 3 heterocycles. The van der Waals surface area contributed by atoms with Gasteiger partial charge >= 0.3 is 0 Å². The molecule has 2 unspecified atom stereocenters. The minimum atomic E-state index is 0. The number of halogens is 2. The van der Waals surface area contributed by atoms with Gasteiger partial charge in [0.25, 0.3) is 0 Å². The van der Waals surface area contributed by atoms with Crippen LogP contribution in [-0.4, -0.2) is 48.5 Å². The first-order chi connectivity index (χ1) is 7.93. The topological polar surface area (TPSA) is 48.8 Å². The zero-order valence-electron chi connectivity index (χ0n) is 10.8. The molecule has 3 aliphatic rings. The van der Waals surface area contributed by atoms with E-state index >= 15 is 0 Å². The van der Waals surface area contributed by atoms with Crippen LogP contribution in [0.4, 0.5) is 0 Å². The Labute approximate surface area is 147 Å². The summed E-state index contributed by atoms with van der Waals surface area (Å²) in [7, 11) is 0. The third-order valence-corrected chi connectivity index (χ3v) is 3.61. The fourth-order valence-electron chi connectivity index (χ4n) is 2.77. The minimum Gasteiger partial charge on any atom is -1.00 e. The van der Waals surface area contributed by atoms with Crippen molar-refractivity contribution in [3.05, 3.63) is 16.2 Å². The molecule has 0 spiro atoms. The van der Waals surface area contributed by atoms with Crippen LogP contribution in [0.3, 0.4) is 0 Å². The molecule has 3 aliphatic heterocycles. The van der Waals surface area contributed by atoms with E-state index in [1.165, 1.54) is 32.1 Å². The van der Waals surface area contributed by atoms with Crippen LogP contribution in [-0.2, 0) is 16.5 Å². The molecule has 3 saturated heterocycles. The van der Waals surface area contributed by atoms with E-state index in [0.717, 1.165) is 26.2 Å². The molecule has 0 aromatic rings. The van der Waals surface area contributed by atoms with Gasteiger partial charge in [-0.3, -0.25) is 0 Å². The molecule has 0 bridgehead atoms. The van der Waals surface area contributed by atoms with Crippen LogP contribution >= 0.6 is 0 Å². The Hall–Kier alpha value is 1.25. The fourth-order valence-corrected chi connectivity index (χ4v) is 2.77. The van der Waals surface area contributed by atoms with Crippen molar-refractivity contribution in [2.75, 3.05) is 26.2 Å². The standard InChI is InChI=1S/C11H20N5.2BrH.Ni/c1-4-10(15-8-2-6-12-15)14-11(5-1)16-9-3-7-13-16;;;/h10-11H,1-9H2;2*1H;/q-3;;;/p-2. The minimum absolute atomic E-state index is 0. The van der Waals surface area contributed by atoms with Crippen molar-refractivity contribution in [3.8, 4) is 0 Å². The van der Waals surface area contributed by atoms with E-state index in [1.807, 2.05) is 0 Å². The van der Waals surface area contributed by atoms with E-state index in [4.69, 9.17) is 5.32 Å². The first-order valence-corrected chi connectivity index (χ1v) is 6.51. The van der Waals surface area contributed by atoms with E-state index < -0.39 is 0 Å². The zero-order chi connectivity index (χ0) is 10.8. The van der Waals surface area contributed by atoms with Crippen LogP contribution in [0.25, 0.3) is 16.2 Å². The number of hydrogen-bond donors (Lipinski definition) is 0. The molecule has 3 rings (SSSR count). The first-order valence-electron chi connectivity index (χ1n) is 6.51. The van der Waals surface area contributed by atoms with E-state index in [0.29, 0.717) is 12.3 Å². The molecule has 0 N–H and O–H groups in total. The van der Waals surface area contributed by atoms with Crippen molar-refractivity contribution in [2.45, 2.75) is 44.4 Å². The molecule has 8 heteroatoms. The Balaban J connectivity index is 0.00000108. The monoisotopic (exact) mass is 438 g/mol. The van der Waals surface area contributed by atoms with E-state index in [9.17, 15) is 0 Å². The smallest absolute Gasteiger partial charge is 0 e. The second-order valence-electron chi connectivity index (χ2n) is 4.80. The van der Waals surface area contributed by atoms with Gasteiger partial charge in [-0.1, -0.05) is 32.1 Å². The number of hydrogen-bond acceptors (Lipinski definition) is 2. The summed E-state index contributed by atoms with van der Waals surface area (Å²) in [5, 5.41) is 9.30. The second-order valence-corrected chi connectivity index (χ2v) is 4.80. The SMILES string of the molecule is C1CC(N2CCC[N-]2)[N-]C(N2CCC[N-]2)C1.[Br-].[Br-].[Ni]. The molecular formula is C11H20Br2N5Ni-5. The summed E-state index contributed by atoms with van der Waals surface area (Å²) in [5.41, 5.74) is 9.02. The Bertz CT molecular complexity index is 215. The van der Waals surface area contributed by atoms with Crippen LogP contribution in [0.2, 0.25) is 0 Å². The van der Waals surface area contributed by atoms with Crippen molar-refractivity contribution in [3.63, 3.8) is 0 Å². The number of nitrogens with zero attached hydrogens (tertiary/aromatic N) is 5. The summed E-state index contributed by atoms with van der Waals surface area (Å²) >= 11 is 0. The number of rotatable bonds is 2. The Morgan fingerprint density at radius 3 is 1.58 bits per heavy atom. The van der Waals surface area contributed by atoms with Crippen molar-refractivity contribution >= 4 is 0 Å². The van der Waals surface area contributed by atoms with Gasteiger partial charge in [-0.2, -0.15) is 0 Å². The molecule has 3 fully saturated rings. The second kappa shape index (κ2) is 10.1. The van der Waals surface area contributed by atoms with Gasteiger partial charge in [0.15, 0.2) is 0 Å². The average Bonchev–Trinajstić information content (AvgIpc) is 3.03. The molecule has 5 nitrogen and oxygen atoms in total. The van der Waals surface area contributed by atoms with Gasteiger partial charge in [0.2, 0.25) is 0 Å². The summed E-state index contributed by atoms with van der Waals surface area (Å²) < 4.78 is 0. The third-order valence-electron chi connectivity index (χ3n) is 3.61. The maximum Gasteiger partial charge on any atom is 0 e. The van der Waals surface area contributed by atoms with Gasteiger partial charge in [-0.15, -0.1) is 25.4 Å². The van der Waals surface area contributed by atoms with Crippen LogP contribution in [0.1, 0.15) is 32.1 Å². The molecule has 0 aromatic carbocycles. The first kappa shape index (κ1) is 20.3. The van der Waals surface area contributed by atoms with Crippen molar-refractivity contribution in [1.82, 2.24) is 10.0 Å². The molecule has 0 aromatic heterocycles. The Morgan fingerprint density at radius 1 is 0.737 bits per heavy atom. The molecule has 0 amide bonds. The molecule has 2 atom stereocenters. The summed E-state index contributed by atoms with van der Waals surface area (Å²) in [5.74, 6) is 0. The van der Waals surface area contributed by atoms with E-state index in [-0.39, 0.29) is 50.5 Å².